The molecule has 0 radical (unpaired) electrons. The summed E-state index contributed by atoms with van der Waals surface area (Å²) in [5.74, 6) is -1.58. The molecule has 2 rings (SSSR count). The number of rotatable bonds is 5. The van der Waals surface area contributed by atoms with Gasteiger partial charge in [0, 0.05) is 12.0 Å². The number of esters is 1. The molecule has 0 fully saturated rings. The molecule has 0 aromatic heterocycles. The van der Waals surface area contributed by atoms with E-state index in [1.807, 2.05) is 24.3 Å². The molecule has 0 spiro atoms. The Morgan fingerprint density at radius 3 is 2.31 bits per heavy atom. The van der Waals surface area contributed by atoms with Gasteiger partial charge in [0.2, 0.25) is 0 Å². The van der Waals surface area contributed by atoms with E-state index in [0.29, 0.717) is 0 Å². The maximum atomic E-state index is 13.3. The van der Waals surface area contributed by atoms with Crippen LogP contribution in [-0.2, 0) is 21.4 Å². The summed E-state index contributed by atoms with van der Waals surface area (Å²) < 4.78 is 18.1. The summed E-state index contributed by atoms with van der Waals surface area (Å²) in [5.41, 5.74) is 2.26. The normalized spacial score (nSPS) is 12.3. The van der Waals surface area contributed by atoms with Crippen molar-refractivity contribution in [2.45, 2.75) is 38.6 Å². The topological polar surface area (TPSA) is 55.4 Å². The lowest BCUT2D eigenvalue weighted by molar-refractivity contribution is -0.142. The number of methoxy groups -OCH3 is 1. The molecule has 26 heavy (non-hydrogen) atoms. The first-order valence-corrected chi connectivity index (χ1v) is 8.44. The van der Waals surface area contributed by atoms with Crippen LogP contribution in [0.15, 0.2) is 48.5 Å². The van der Waals surface area contributed by atoms with Crippen molar-refractivity contribution >= 4 is 11.9 Å². The maximum absolute atomic E-state index is 13.3. The lowest BCUT2D eigenvalue weighted by atomic mass is 9.86. The molecule has 138 valence electrons. The summed E-state index contributed by atoms with van der Waals surface area (Å²) in [7, 11) is 1.27. The highest BCUT2D eigenvalue weighted by Crippen LogP contribution is 2.22. The second kappa shape index (κ2) is 8.13. The summed E-state index contributed by atoms with van der Waals surface area (Å²) in [6.45, 7) is 6.37. The zero-order valence-corrected chi connectivity index (χ0v) is 15.5. The van der Waals surface area contributed by atoms with Crippen LogP contribution < -0.4 is 5.32 Å². The van der Waals surface area contributed by atoms with Gasteiger partial charge in [-0.25, -0.2) is 9.18 Å². The van der Waals surface area contributed by atoms with Crippen LogP contribution >= 0.6 is 0 Å². The summed E-state index contributed by atoms with van der Waals surface area (Å²) in [4.78, 5) is 24.4. The molecule has 1 amide bonds. The predicted octanol–water partition coefficient (Wildman–Crippen LogP) is 3.64. The number of carbonyl (C=O) groups is 2. The van der Waals surface area contributed by atoms with Gasteiger partial charge in [-0.3, -0.25) is 4.79 Å². The molecule has 0 heterocycles. The Bertz CT molecular complexity index is 779. The van der Waals surface area contributed by atoms with E-state index in [4.69, 9.17) is 4.74 Å². The molecule has 0 saturated heterocycles. The van der Waals surface area contributed by atoms with E-state index in [1.165, 1.54) is 30.9 Å². The first-order valence-electron chi connectivity index (χ1n) is 8.44. The smallest absolute Gasteiger partial charge is 0.328 e. The van der Waals surface area contributed by atoms with E-state index in [1.54, 1.807) is 0 Å². The lowest BCUT2D eigenvalue weighted by Gasteiger charge is -2.20. The largest absolute Gasteiger partial charge is 0.467 e. The second-order valence-corrected chi connectivity index (χ2v) is 7.21. The van der Waals surface area contributed by atoms with E-state index >= 15 is 0 Å². The Morgan fingerprint density at radius 2 is 1.77 bits per heavy atom. The Hall–Kier alpha value is -2.69. The fourth-order valence-corrected chi connectivity index (χ4v) is 2.58. The Kier molecular flexibility index (Phi) is 6.14. The predicted molar refractivity (Wildman–Crippen MR) is 98.5 cm³/mol. The van der Waals surface area contributed by atoms with Crippen molar-refractivity contribution in [2.75, 3.05) is 7.11 Å². The van der Waals surface area contributed by atoms with Crippen molar-refractivity contribution < 1.29 is 18.7 Å². The molecule has 4 nitrogen and oxygen atoms in total. The number of nitrogens with one attached hydrogen (secondary N) is 1. The highest BCUT2D eigenvalue weighted by atomic mass is 19.1. The molecular weight excluding hydrogens is 333 g/mol. The Labute approximate surface area is 153 Å². The van der Waals surface area contributed by atoms with Crippen LogP contribution in [0.1, 0.15) is 42.3 Å². The fourth-order valence-electron chi connectivity index (χ4n) is 2.58. The van der Waals surface area contributed by atoms with Gasteiger partial charge in [0.15, 0.2) is 0 Å². The van der Waals surface area contributed by atoms with Gasteiger partial charge in [-0.2, -0.15) is 0 Å². The van der Waals surface area contributed by atoms with Gasteiger partial charge in [-0.1, -0.05) is 51.1 Å². The van der Waals surface area contributed by atoms with Gasteiger partial charge in [-0.05, 0) is 34.7 Å². The van der Waals surface area contributed by atoms with Gasteiger partial charge in [-0.15, -0.1) is 0 Å². The van der Waals surface area contributed by atoms with Crippen molar-refractivity contribution in [3.8, 4) is 0 Å². The quantitative estimate of drug-likeness (QED) is 0.831. The molecule has 0 unspecified atom stereocenters. The highest BCUT2D eigenvalue weighted by molar-refractivity contribution is 5.96. The van der Waals surface area contributed by atoms with E-state index in [0.717, 1.165) is 11.6 Å². The van der Waals surface area contributed by atoms with Gasteiger partial charge in [0.05, 0.1) is 7.11 Å². The SMILES string of the molecule is COC(=O)[C@@H](Cc1ccc(C(C)(C)C)cc1)NC(=O)c1cccc(F)c1. The summed E-state index contributed by atoms with van der Waals surface area (Å²) >= 11 is 0. The molecule has 0 saturated carbocycles. The minimum Gasteiger partial charge on any atom is -0.467 e. The van der Waals surface area contributed by atoms with Crippen molar-refractivity contribution in [1.82, 2.24) is 5.32 Å². The standard InChI is InChI=1S/C21H24FNO3/c1-21(2,3)16-10-8-14(9-11-16)12-18(20(25)26-4)23-19(24)15-6-5-7-17(22)13-15/h5-11,13,18H,12H2,1-4H3,(H,23,24)/t18-/m1/s1. The average Bonchev–Trinajstić information content (AvgIpc) is 2.60. The monoisotopic (exact) mass is 357 g/mol. The molecule has 1 atom stereocenters. The summed E-state index contributed by atoms with van der Waals surface area (Å²) in [5, 5.41) is 2.62. The minimum absolute atomic E-state index is 0.0336. The number of halogens is 1. The number of benzene rings is 2. The zero-order valence-electron chi connectivity index (χ0n) is 15.5. The van der Waals surface area contributed by atoms with Gasteiger partial charge >= 0.3 is 5.97 Å². The average molecular weight is 357 g/mol. The van der Waals surface area contributed by atoms with Crippen LogP contribution in [0.25, 0.3) is 0 Å². The van der Waals surface area contributed by atoms with E-state index in [9.17, 15) is 14.0 Å². The number of amides is 1. The molecule has 0 aliphatic rings. The third kappa shape index (κ3) is 5.15. The van der Waals surface area contributed by atoms with Gasteiger partial charge in [0.1, 0.15) is 11.9 Å². The number of ether oxygens (including phenoxy) is 1. The second-order valence-electron chi connectivity index (χ2n) is 7.21. The van der Waals surface area contributed by atoms with Crippen LogP contribution in [0.2, 0.25) is 0 Å². The van der Waals surface area contributed by atoms with Crippen LogP contribution in [0.5, 0.6) is 0 Å². The molecular formula is C21H24FNO3. The molecule has 1 N–H and O–H groups in total. The van der Waals surface area contributed by atoms with Crippen molar-refractivity contribution in [3.63, 3.8) is 0 Å². The molecule has 2 aromatic rings. The van der Waals surface area contributed by atoms with Crippen molar-refractivity contribution in [1.29, 1.82) is 0 Å². The van der Waals surface area contributed by atoms with E-state index < -0.39 is 23.7 Å². The van der Waals surface area contributed by atoms with E-state index in [2.05, 4.69) is 26.1 Å². The molecule has 5 heteroatoms. The van der Waals surface area contributed by atoms with Crippen LogP contribution in [0.3, 0.4) is 0 Å². The highest BCUT2D eigenvalue weighted by Gasteiger charge is 2.23. The van der Waals surface area contributed by atoms with Crippen LogP contribution in [0, 0.1) is 5.82 Å². The minimum atomic E-state index is -0.851. The van der Waals surface area contributed by atoms with Crippen molar-refractivity contribution in [2.24, 2.45) is 0 Å². The van der Waals surface area contributed by atoms with E-state index in [-0.39, 0.29) is 17.4 Å². The van der Waals surface area contributed by atoms with Crippen LogP contribution in [-0.4, -0.2) is 25.0 Å². The Morgan fingerprint density at radius 1 is 1.12 bits per heavy atom. The first kappa shape index (κ1) is 19.6. The number of hydrogen-bond donors (Lipinski definition) is 1. The maximum Gasteiger partial charge on any atom is 0.328 e. The Balaban J connectivity index is 2.15. The summed E-state index contributed by atoms with van der Waals surface area (Å²) in [6, 6.07) is 12.4. The van der Waals surface area contributed by atoms with Crippen molar-refractivity contribution in [3.05, 3.63) is 71.0 Å². The first-order chi connectivity index (χ1) is 12.2. The number of carbonyl (C=O) groups excluding carboxylic acids is 2. The molecule has 0 aliphatic heterocycles. The molecule has 0 bridgehead atoms. The van der Waals surface area contributed by atoms with Gasteiger partial charge < -0.3 is 10.1 Å². The fraction of sp³-hybridized carbons (Fsp3) is 0.333. The third-order valence-corrected chi connectivity index (χ3v) is 4.14. The lowest BCUT2D eigenvalue weighted by Crippen LogP contribution is -2.43. The molecule has 0 aliphatic carbocycles. The summed E-state index contributed by atoms with van der Waals surface area (Å²) in [6.07, 6.45) is 0.290. The molecule has 2 aromatic carbocycles. The zero-order chi connectivity index (χ0) is 19.3. The van der Waals surface area contributed by atoms with Crippen LogP contribution in [0.4, 0.5) is 4.39 Å². The van der Waals surface area contributed by atoms with Gasteiger partial charge in [0.25, 0.3) is 5.91 Å². The third-order valence-electron chi connectivity index (χ3n) is 4.14. The number of hydrogen-bond acceptors (Lipinski definition) is 3.